The quantitative estimate of drug-likeness (QED) is 0.839. The molecule has 2 amide bonds. The SMILES string of the molecule is Cc1ccc(C)c(OCC(=O)NNC(=O)C2(C)CCCC2)c1. The second-order valence-corrected chi connectivity index (χ2v) is 6.33. The molecule has 1 fully saturated rings. The first-order chi connectivity index (χ1) is 10.4. The lowest BCUT2D eigenvalue weighted by Gasteiger charge is -2.22. The molecule has 0 aliphatic heterocycles. The topological polar surface area (TPSA) is 67.4 Å². The second-order valence-electron chi connectivity index (χ2n) is 6.33. The Morgan fingerprint density at radius 2 is 1.86 bits per heavy atom. The average molecular weight is 304 g/mol. The fraction of sp³-hybridized carbons (Fsp3) is 0.529. The standard InChI is InChI=1S/C17H24N2O3/c1-12-6-7-13(2)14(10-12)22-11-15(20)18-19-16(21)17(3)8-4-5-9-17/h6-7,10H,4-5,8-9,11H2,1-3H3,(H,18,20)(H,19,21). The van der Waals surface area contributed by atoms with E-state index in [9.17, 15) is 9.59 Å². The molecule has 1 aromatic rings. The summed E-state index contributed by atoms with van der Waals surface area (Å²) in [7, 11) is 0. The van der Waals surface area contributed by atoms with Gasteiger partial charge in [0.2, 0.25) is 5.91 Å². The predicted molar refractivity (Wildman–Crippen MR) is 84.3 cm³/mol. The summed E-state index contributed by atoms with van der Waals surface area (Å²) in [5, 5.41) is 0. The molecule has 22 heavy (non-hydrogen) atoms. The van der Waals surface area contributed by atoms with E-state index < -0.39 is 0 Å². The molecule has 120 valence electrons. The molecule has 1 aliphatic carbocycles. The summed E-state index contributed by atoms with van der Waals surface area (Å²) in [6.45, 7) is 5.71. The molecule has 2 rings (SSSR count). The second kappa shape index (κ2) is 6.81. The highest BCUT2D eigenvalue weighted by Crippen LogP contribution is 2.37. The van der Waals surface area contributed by atoms with E-state index in [2.05, 4.69) is 10.9 Å². The van der Waals surface area contributed by atoms with Crippen LogP contribution in [-0.2, 0) is 9.59 Å². The molecular formula is C17H24N2O3. The van der Waals surface area contributed by atoms with Crippen LogP contribution in [0.5, 0.6) is 5.75 Å². The van der Waals surface area contributed by atoms with Gasteiger partial charge < -0.3 is 4.74 Å². The Hall–Kier alpha value is -2.04. The normalized spacial score (nSPS) is 16.1. The van der Waals surface area contributed by atoms with Crippen LogP contribution in [0.15, 0.2) is 18.2 Å². The van der Waals surface area contributed by atoms with Crippen molar-refractivity contribution in [2.75, 3.05) is 6.61 Å². The van der Waals surface area contributed by atoms with Crippen molar-refractivity contribution < 1.29 is 14.3 Å². The number of hydrazine groups is 1. The van der Waals surface area contributed by atoms with Crippen LogP contribution in [0.25, 0.3) is 0 Å². The molecule has 0 saturated heterocycles. The van der Waals surface area contributed by atoms with Gasteiger partial charge in [0.15, 0.2) is 6.61 Å². The largest absolute Gasteiger partial charge is 0.483 e. The van der Waals surface area contributed by atoms with Crippen LogP contribution in [0.4, 0.5) is 0 Å². The van der Waals surface area contributed by atoms with Gasteiger partial charge in [-0.3, -0.25) is 20.4 Å². The zero-order valence-corrected chi connectivity index (χ0v) is 13.5. The highest BCUT2D eigenvalue weighted by atomic mass is 16.5. The summed E-state index contributed by atoms with van der Waals surface area (Å²) in [6.07, 6.45) is 3.86. The zero-order valence-electron chi connectivity index (χ0n) is 13.5. The van der Waals surface area contributed by atoms with E-state index in [-0.39, 0.29) is 23.8 Å². The summed E-state index contributed by atoms with van der Waals surface area (Å²) in [5.74, 6) is 0.199. The van der Waals surface area contributed by atoms with E-state index in [1.165, 1.54) is 0 Å². The molecule has 0 radical (unpaired) electrons. The fourth-order valence-corrected chi connectivity index (χ4v) is 2.70. The van der Waals surface area contributed by atoms with Gasteiger partial charge in [-0.1, -0.05) is 31.9 Å². The number of carbonyl (C=O) groups is 2. The van der Waals surface area contributed by atoms with Gasteiger partial charge in [-0.2, -0.15) is 0 Å². The van der Waals surface area contributed by atoms with Gasteiger partial charge in [0.05, 0.1) is 0 Å². The maximum Gasteiger partial charge on any atom is 0.276 e. The molecule has 1 saturated carbocycles. The number of rotatable bonds is 4. The lowest BCUT2D eigenvalue weighted by atomic mass is 9.88. The molecule has 0 unspecified atom stereocenters. The first-order valence-electron chi connectivity index (χ1n) is 7.70. The van der Waals surface area contributed by atoms with Crippen molar-refractivity contribution >= 4 is 11.8 Å². The van der Waals surface area contributed by atoms with Crippen molar-refractivity contribution in [2.24, 2.45) is 5.41 Å². The van der Waals surface area contributed by atoms with Gasteiger partial charge >= 0.3 is 0 Å². The van der Waals surface area contributed by atoms with E-state index in [4.69, 9.17) is 4.74 Å². The van der Waals surface area contributed by atoms with Crippen molar-refractivity contribution in [3.05, 3.63) is 29.3 Å². The molecule has 0 atom stereocenters. The van der Waals surface area contributed by atoms with Crippen LogP contribution in [-0.4, -0.2) is 18.4 Å². The van der Waals surface area contributed by atoms with Gasteiger partial charge in [-0.05, 0) is 43.9 Å². The van der Waals surface area contributed by atoms with Crippen molar-refractivity contribution in [1.82, 2.24) is 10.9 Å². The van der Waals surface area contributed by atoms with Crippen LogP contribution >= 0.6 is 0 Å². The highest BCUT2D eigenvalue weighted by Gasteiger charge is 2.36. The summed E-state index contributed by atoms with van der Waals surface area (Å²) in [6, 6.07) is 5.83. The number of carbonyl (C=O) groups excluding carboxylic acids is 2. The number of ether oxygens (including phenoxy) is 1. The molecule has 2 N–H and O–H groups in total. The number of amides is 2. The molecule has 0 spiro atoms. The van der Waals surface area contributed by atoms with E-state index >= 15 is 0 Å². The maximum atomic E-state index is 12.1. The Bertz CT molecular complexity index is 563. The Morgan fingerprint density at radius 1 is 1.18 bits per heavy atom. The number of hydrogen-bond donors (Lipinski definition) is 2. The molecule has 1 aliphatic rings. The average Bonchev–Trinajstić information content (AvgIpc) is 2.93. The third kappa shape index (κ3) is 4.00. The summed E-state index contributed by atoms with van der Waals surface area (Å²) < 4.78 is 5.50. The van der Waals surface area contributed by atoms with Gasteiger partial charge in [-0.15, -0.1) is 0 Å². The van der Waals surface area contributed by atoms with Crippen LogP contribution in [0.1, 0.15) is 43.7 Å². The van der Waals surface area contributed by atoms with Gasteiger partial charge in [0.1, 0.15) is 5.75 Å². The van der Waals surface area contributed by atoms with Gasteiger partial charge in [0.25, 0.3) is 5.91 Å². The smallest absolute Gasteiger partial charge is 0.276 e. The Labute approximate surface area is 131 Å². The predicted octanol–water partition coefficient (Wildman–Crippen LogP) is 2.41. The number of benzene rings is 1. The molecular weight excluding hydrogens is 280 g/mol. The number of nitrogens with one attached hydrogen (secondary N) is 2. The van der Waals surface area contributed by atoms with Crippen LogP contribution < -0.4 is 15.6 Å². The Kier molecular flexibility index (Phi) is 5.06. The van der Waals surface area contributed by atoms with E-state index in [0.717, 1.165) is 36.8 Å². The minimum atomic E-state index is -0.365. The zero-order chi connectivity index (χ0) is 16.2. The third-order valence-corrected chi connectivity index (χ3v) is 4.27. The minimum Gasteiger partial charge on any atom is -0.483 e. The van der Waals surface area contributed by atoms with Gasteiger partial charge in [-0.25, -0.2) is 0 Å². The third-order valence-electron chi connectivity index (χ3n) is 4.27. The Balaban J connectivity index is 1.78. The summed E-state index contributed by atoms with van der Waals surface area (Å²) in [4.78, 5) is 23.9. The van der Waals surface area contributed by atoms with Crippen molar-refractivity contribution in [3.8, 4) is 5.75 Å². The molecule has 0 heterocycles. The fourth-order valence-electron chi connectivity index (χ4n) is 2.70. The van der Waals surface area contributed by atoms with E-state index in [1.54, 1.807) is 0 Å². The summed E-state index contributed by atoms with van der Waals surface area (Å²) in [5.41, 5.74) is 6.62. The Morgan fingerprint density at radius 3 is 2.55 bits per heavy atom. The lowest BCUT2D eigenvalue weighted by molar-refractivity contribution is -0.135. The van der Waals surface area contributed by atoms with Crippen LogP contribution in [0.3, 0.4) is 0 Å². The molecule has 5 nitrogen and oxygen atoms in total. The lowest BCUT2D eigenvalue weighted by Crippen LogP contribution is -2.49. The molecule has 5 heteroatoms. The molecule has 0 bridgehead atoms. The maximum absolute atomic E-state index is 12.1. The van der Waals surface area contributed by atoms with Crippen LogP contribution in [0.2, 0.25) is 0 Å². The van der Waals surface area contributed by atoms with Crippen molar-refractivity contribution in [2.45, 2.75) is 46.5 Å². The molecule has 1 aromatic carbocycles. The van der Waals surface area contributed by atoms with Crippen molar-refractivity contribution in [3.63, 3.8) is 0 Å². The van der Waals surface area contributed by atoms with E-state index in [1.807, 2.05) is 39.0 Å². The highest BCUT2D eigenvalue weighted by molar-refractivity contribution is 5.86. The number of aryl methyl sites for hydroxylation is 2. The minimum absolute atomic E-state index is 0.120. The number of hydrogen-bond acceptors (Lipinski definition) is 3. The first kappa shape index (κ1) is 16.3. The van der Waals surface area contributed by atoms with E-state index in [0.29, 0.717) is 5.75 Å². The van der Waals surface area contributed by atoms with Gasteiger partial charge in [0, 0.05) is 5.41 Å². The first-order valence-corrected chi connectivity index (χ1v) is 7.70. The van der Waals surface area contributed by atoms with Crippen LogP contribution in [0, 0.1) is 19.3 Å². The van der Waals surface area contributed by atoms with Crippen molar-refractivity contribution in [1.29, 1.82) is 0 Å². The molecule has 0 aromatic heterocycles. The summed E-state index contributed by atoms with van der Waals surface area (Å²) >= 11 is 0. The monoisotopic (exact) mass is 304 g/mol.